The topological polar surface area (TPSA) is 82.1 Å². The zero-order chi connectivity index (χ0) is 29.8. The van der Waals surface area contributed by atoms with Crippen molar-refractivity contribution in [2.75, 3.05) is 0 Å². The molecule has 2 aliphatic heterocycles. The van der Waals surface area contributed by atoms with Crippen molar-refractivity contribution in [3.63, 3.8) is 0 Å². The van der Waals surface area contributed by atoms with Crippen LogP contribution in [0, 0.1) is 38.5 Å². The molecule has 0 bridgehead atoms. The largest absolute Gasteiger partial charge is 0.507 e. The molecule has 224 valence electrons. The molecule has 0 radical (unpaired) electrons. The number of phenols is 1. The van der Waals surface area contributed by atoms with E-state index in [1.165, 1.54) is 44.6 Å². The summed E-state index contributed by atoms with van der Waals surface area (Å²) in [5.74, 6) is 0.133. The summed E-state index contributed by atoms with van der Waals surface area (Å²) in [5.41, 5.74) is 2.06. The van der Waals surface area contributed by atoms with Gasteiger partial charge in [-0.3, -0.25) is 0 Å². The monoisotopic (exact) mass is 556 g/mol. The number of ether oxygens (including phenoxy) is 3. The van der Waals surface area contributed by atoms with Gasteiger partial charge in [0.2, 0.25) is 0 Å². The highest BCUT2D eigenvalue weighted by molar-refractivity contribution is 5.97. The third-order valence-corrected chi connectivity index (χ3v) is 9.29. The average Bonchev–Trinajstić information content (AvgIpc) is 2.97. The molecule has 1 aromatic carbocycles. The van der Waals surface area contributed by atoms with Gasteiger partial charge < -0.3 is 19.3 Å². The quantitative estimate of drug-likeness (QED) is 0.261. The molecule has 6 nitrogen and oxygen atoms in total. The van der Waals surface area contributed by atoms with Crippen LogP contribution in [-0.2, 0) is 25.5 Å². The zero-order valence-electron chi connectivity index (χ0n) is 26.4. The molecule has 1 aromatic rings. The van der Waals surface area contributed by atoms with Crippen LogP contribution in [0.4, 0.5) is 0 Å². The second kappa shape index (κ2) is 13.0. The van der Waals surface area contributed by atoms with Crippen LogP contribution >= 0.6 is 0 Å². The number of phenolic OH excluding ortho intramolecular Hbond substituents is 1. The van der Waals surface area contributed by atoms with E-state index in [9.17, 15) is 14.7 Å². The number of rotatable bonds is 12. The Morgan fingerprint density at radius 2 is 1.38 bits per heavy atom. The summed E-state index contributed by atoms with van der Waals surface area (Å²) in [7, 11) is 0. The highest BCUT2D eigenvalue weighted by atomic mass is 16.8. The minimum absolute atomic E-state index is 0.127. The molecule has 6 heteroatoms. The fraction of sp³-hybridized carbons (Fsp3) is 0.706. The summed E-state index contributed by atoms with van der Waals surface area (Å²) in [6.07, 6.45) is 11.4. The summed E-state index contributed by atoms with van der Waals surface area (Å²) >= 11 is 0. The van der Waals surface area contributed by atoms with Crippen molar-refractivity contribution in [2.45, 2.75) is 138 Å². The standard InChI is InChI=1S/C34H52O6/c1-21(2)13-10-14-22(3)15-11-16-23(4)17-12-18-33(9)34(38-29(35)19-24(5)32(37)40-34)20-28-27(8)30(36)25(6)26(7)31(28)39-33/h19,21-23,36H,10-18,20H2,1-9H3/t22-,23+,33-,34?/m0/s1. The van der Waals surface area contributed by atoms with Gasteiger partial charge >= 0.3 is 17.7 Å². The van der Waals surface area contributed by atoms with Crippen LogP contribution in [0.1, 0.15) is 122 Å². The van der Waals surface area contributed by atoms with Crippen molar-refractivity contribution < 1.29 is 28.9 Å². The SMILES string of the molecule is CC1=CC(=O)OC2(Cc3c(C)c(O)c(C)c(C)c3O[C@@]2(C)CCC[C@H](C)CCC[C@@H](C)CCCC(C)C)OC1=O. The van der Waals surface area contributed by atoms with E-state index in [2.05, 4.69) is 27.7 Å². The lowest BCUT2D eigenvalue weighted by atomic mass is 9.78. The van der Waals surface area contributed by atoms with Crippen LogP contribution in [0.3, 0.4) is 0 Å². The first-order valence-electron chi connectivity index (χ1n) is 15.3. The van der Waals surface area contributed by atoms with E-state index in [-0.39, 0.29) is 17.7 Å². The van der Waals surface area contributed by atoms with E-state index in [0.717, 1.165) is 35.8 Å². The Labute approximate surface area is 241 Å². The van der Waals surface area contributed by atoms with E-state index in [0.29, 0.717) is 29.2 Å². The molecule has 0 fully saturated rings. The Bertz CT molecular complexity index is 1120. The number of carbonyl (C=O) groups is 2. The van der Waals surface area contributed by atoms with Crippen LogP contribution < -0.4 is 4.74 Å². The van der Waals surface area contributed by atoms with Crippen LogP contribution in [0.5, 0.6) is 11.5 Å². The van der Waals surface area contributed by atoms with Gasteiger partial charge in [0.05, 0.1) is 6.42 Å². The van der Waals surface area contributed by atoms with Gasteiger partial charge in [-0.1, -0.05) is 72.6 Å². The lowest BCUT2D eigenvalue weighted by Crippen LogP contribution is -2.63. The summed E-state index contributed by atoms with van der Waals surface area (Å²) in [6.45, 7) is 18.3. The molecule has 2 heterocycles. The van der Waals surface area contributed by atoms with Gasteiger partial charge in [-0.2, -0.15) is 0 Å². The molecule has 2 aliphatic rings. The molecule has 1 unspecified atom stereocenters. The van der Waals surface area contributed by atoms with Gasteiger partial charge in [-0.25, -0.2) is 9.59 Å². The Morgan fingerprint density at radius 3 is 1.98 bits per heavy atom. The molecule has 0 saturated carbocycles. The van der Waals surface area contributed by atoms with Crippen molar-refractivity contribution in [1.29, 1.82) is 0 Å². The Hall–Kier alpha value is -2.50. The van der Waals surface area contributed by atoms with E-state index in [4.69, 9.17) is 14.2 Å². The smallest absolute Gasteiger partial charge is 0.337 e. The van der Waals surface area contributed by atoms with Crippen LogP contribution in [0.2, 0.25) is 0 Å². The fourth-order valence-electron chi connectivity index (χ4n) is 6.22. The van der Waals surface area contributed by atoms with Gasteiger partial charge in [0, 0.05) is 17.2 Å². The highest BCUT2D eigenvalue weighted by Crippen LogP contribution is 2.51. The summed E-state index contributed by atoms with van der Waals surface area (Å²) in [5, 5.41) is 10.8. The molecule has 4 atom stereocenters. The van der Waals surface area contributed by atoms with E-state index in [1.54, 1.807) is 6.92 Å². The molecular formula is C34H52O6. The van der Waals surface area contributed by atoms with E-state index < -0.39 is 23.3 Å². The highest BCUT2D eigenvalue weighted by Gasteiger charge is 2.61. The van der Waals surface area contributed by atoms with Crippen molar-refractivity contribution in [3.05, 3.63) is 33.9 Å². The minimum Gasteiger partial charge on any atom is -0.507 e. The number of esters is 2. The first kappa shape index (κ1) is 32.0. The maximum absolute atomic E-state index is 12.9. The predicted octanol–water partition coefficient (Wildman–Crippen LogP) is 8.19. The number of hydrogen-bond acceptors (Lipinski definition) is 6. The molecule has 1 spiro atoms. The molecule has 1 N–H and O–H groups in total. The van der Waals surface area contributed by atoms with Gasteiger partial charge in [0.1, 0.15) is 11.5 Å². The lowest BCUT2D eigenvalue weighted by Gasteiger charge is -2.49. The molecule has 0 amide bonds. The number of benzene rings is 1. The van der Waals surface area contributed by atoms with E-state index >= 15 is 0 Å². The van der Waals surface area contributed by atoms with Crippen molar-refractivity contribution >= 4 is 11.9 Å². The first-order valence-corrected chi connectivity index (χ1v) is 15.3. The fourth-order valence-corrected chi connectivity index (χ4v) is 6.22. The van der Waals surface area contributed by atoms with Gasteiger partial charge in [-0.15, -0.1) is 0 Å². The Morgan fingerprint density at radius 1 is 0.800 bits per heavy atom. The van der Waals surface area contributed by atoms with Gasteiger partial charge in [0.15, 0.2) is 5.60 Å². The summed E-state index contributed by atoms with van der Waals surface area (Å²) in [4.78, 5) is 25.7. The summed E-state index contributed by atoms with van der Waals surface area (Å²) in [6, 6.07) is 0. The molecule has 3 rings (SSSR count). The van der Waals surface area contributed by atoms with Crippen LogP contribution in [0.15, 0.2) is 11.6 Å². The molecule has 40 heavy (non-hydrogen) atoms. The molecule has 0 saturated heterocycles. The molecule has 0 aromatic heterocycles. The number of aromatic hydroxyl groups is 1. The van der Waals surface area contributed by atoms with E-state index in [1.807, 2.05) is 27.7 Å². The third-order valence-electron chi connectivity index (χ3n) is 9.29. The van der Waals surface area contributed by atoms with Crippen molar-refractivity contribution in [1.82, 2.24) is 0 Å². The van der Waals surface area contributed by atoms with Crippen LogP contribution in [0.25, 0.3) is 0 Å². The Balaban J connectivity index is 1.73. The lowest BCUT2D eigenvalue weighted by molar-refractivity contribution is -0.284. The maximum Gasteiger partial charge on any atom is 0.337 e. The van der Waals surface area contributed by atoms with Crippen molar-refractivity contribution in [2.24, 2.45) is 17.8 Å². The Kier molecular flexibility index (Phi) is 10.4. The van der Waals surface area contributed by atoms with Gasteiger partial charge in [-0.05, 0) is 81.9 Å². The maximum atomic E-state index is 12.9. The number of fused-ring (bicyclic) bond motifs is 1. The molecular weight excluding hydrogens is 504 g/mol. The predicted molar refractivity (Wildman–Crippen MR) is 158 cm³/mol. The zero-order valence-corrected chi connectivity index (χ0v) is 26.4. The van der Waals surface area contributed by atoms with Crippen molar-refractivity contribution in [3.8, 4) is 11.5 Å². The number of carbonyl (C=O) groups excluding carboxylic acids is 2. The normalized spacial score (nSPS) is 24.1. The molecule has 0 aliphatic carbocycles. The summed E-state index contributed by atoms with van der Waals surface area (Å²) < 4.78 is 18.7. The number of hydrogen-bond donors (Lipinski definition) is 1. The second-order valence-corrected chi connectivity index (χ2v) is 13.3. The van der Waals surface area contributed by atoms with Crippen LogP contribution in [-0.4, -0.2) is 28.4 Å². The third kappa shape index (κ3) is 7.03. The van der Waals surface area contributed by atoms with Gasteiger partial charge in [0.25, 0.3) is 0 Å². The second-order valence-electron chi connectivity index (χ2n) is 13.3. The minimum atomic E-state index is -1.63. The average molecular weight is 557 g/mol. The first-order chi connectivity index (χ1) is 18.7.